The van der Waals surface area contributed by atoms with Crippen LogP contribution in [0.3, 0.4) is 0 Å². The summed E-state index contributed by atoms with van der Waals surface area (Å²) in [6.07, 6.45) is 2.62. The third-order valence-electron chi connectivity index (χ3n) is 16.2. The lowest BCUT2D eigenvalue weighted by Crippen LogP contribution is -2.67. The van der Waals surface area contributed by atoms with Gasteiger partial charge in [0, 0.05) is 26.7 Å². The van der Waals surface area contributed by atoms with Crippen molar-refractivity contribution in [2.75, 3.05) is 13.7 Å². The number of rotatable bonds is 7. The van der Waals surface area contributed by atoms with Crippen LogP contribution in [0.1, 0.15) is 127 Å². The van der Waals surface area contributed by atoms with Crippen LogP contribution in [0.25, 0.3) is 0 Å². The number of ether oxygens (including phenoxy) is 6. The Morgan fingerprint density at radius 3 is 2.09 bits per heavy atom. The van der Waals surface area contributed by atoms with Gasteiger partial charge in [-0.2, -0.15) is 0 Å². The lowest BCUT2D eigenvalue weighted by atomic mass is 9.33. The molecule has 1 saturated heterocycles. The molecule has 5 fully saturated rings. The van der Waals surface area contributed by atoms with Crippen LogP contribution in [0.2, 0.25) is 0 Å². The fourth-order valence-corrected chi connectivity index (χ4v) is 13.0. The third-order valence-corrected chi connectivity index (χ3v) is 16.2. The molecular formula is C43H64O12. The van der Waals surface area contributed by atoms with Crippen LogP contribution in [0.4, 0.5) is 0 Å². The van der Waals surface area contributed by atoms with Gasteiger partial charge in [0.15, 0.2) is 24.3 Å². The quantitative estimate of drug-likeness (QED) is 0.182. The van der Waals surface area contributed by atoms with Gasteiger partial charge in [0.2, 0.25) is 0 Å². The van der Waals surface area contributed by atoms with Crippen LogP contribution < -0.4 is 0 Å². The molecule has 0 radical (unpaired) electrons. The van der Waals surface area contributed by atoms with E-state index in [2.05, 4.69) is 41.5 Å². The summed E-state index contributed by atoms with van der Waals surface area (Å²) in [5.74, 6) is -1.94. The molecule has 0 aromatic rings. The number of allylic oxidation sites excluding steroid dienone is 2. The standard InChI is InChI=1S/C43H64O12/c1-23(44)51-22-29-33(52-24(2)45)34(53-25(3)46)32(48)36(54-29)55-31-13-14-41(8)30(38(31,4)5)12-15-43(10)35(41)28(47)20-26-27-21-40(7,37(49)50-11)17-16-39(27,6)18-19-42(26,43)9/h20,27,29-36,48H,12-19,21-22H2,1-11H3/t27?,29-,30+,31+,32-,33+,34-,35-,36+,39-,40+,41+,42-,43-/m1/s1. The van der Waals surface area contributed by atoms with Gasteiger partial charge in [-0.3, -0.25) is 24.0 Å². The average molecular weight is 773 g/mol. The lowest BCUT2D eigenvalue weighted by molar-refractivity contribution is -0.331. The summed E-state index contributed by atoms with van der Waals surface area (Å²) in [4.78, 5) is 64.0. The summed E-state index contributed by atoms with van der Waals surface area (Å²) in [5, 5.41) is 11.6. The van der Waals surface area contributed by atoms with Crippen LogP contribution in [0.15, 0.2) is 11.6 Å². The van der Waals surface area contributed by atoms with Crippen molar-refractivity contribution in [3.05, 3.63) is 11.6 Å². The molecule has 14 atom stereocenters. The van der Waals surface area contributed by atoms with Gasteiger partial charge in [0.25, 0.3) is 0 Å². The molecule has 0 amide bonds. The molecule has 1 heterocycles. The van der Waals surface area contributed by atoms with Crippen molar-refractivity contribution in [3.63, 3.8) is 0 Å². The van der Waals surface area contributed by atoms with E-state index in [0.717, 1.165) is 38.5 Å². The normalized spacial score (nSPS) is 46.0. The van der Waals surface area contributed by atoms with Crippen LogP contribution in [-0.2, 0) is 52.4 Å². The van der Waals surface area contributed by atoms with Gasteiger partial charge >= 0.3 is 23.9 Å². The topological polar surface area (TPSA) is 161 Å². The number of aliphatic hydroxyl groups excluding tert-OH is 1. The fourth-order valence-electron chi connectivity index (χ4n) is 13.0. The molecule has 0 spiro atoms. The number of hydrogen-bond donors (Lipinski definition) is 1. The number of aliphatic hydroxyl groups is 1. The van der Waals surface area contributed by atoms with Gasteiger partial charge in [-0.05, 0) is 110 Å². The van der Waals surface area contributed by atoms with Crippen molar-refractivity contribution < 1.29 is 57.5 Å². The monoisotopic (exact) mass is 772 g/mol. The minimum atomic E-state index is -1.51. The second kappa shape index (κ2) is 14.2. The largest absolute Gasteiger partial charge is 0.469 e. The highest BCUT2D eigenvalue weighted by atomic mass is 16.7. The molecule has 6 rings (SSSR count). The maximum atomic E-state index is 14.9. The number of methoxy groups -OCH3 is 1. The molecular weight excluding hydrogens is 708 g/mol. The molecule has 0 bridgehead atoms. The summed E-state index contributed by atoms with van der Waals surface area (Å²) in [6.45, 7) is 19.1. The van der Waals surface area contributed by atoms with Crippen molar-refractivity contribution in [3.8, 4) is 0 Å². The second-order valence-corrected chi connectivity index (χ2v) is 19.7. The highest BCUT2D eigenvalue weighted by Crippen LogP contribution is 2.75. The molecule has 6 aliphatic rings. The summed E-state index contributed by atoms with van der Waals surface area (Å²) in [6, 6.07) is 0. The predicted octanol–water partition coefficient (Wildman–Crippen LogP) is 6.04. The summed E-state index contributed by atoms with van der Waals surface area (Å²) in [5.41, 5.74) is -0.655. The molecule has 1 N–H and O–H groups in total. The molecule has 308 valence electrons. The smallest absolute Gasteiger partial charge is 0.311 e. The number of carbonyl (C=O) groups excluding carboxylic acids is 5. The Labute approximate surface area is 326 Å². The Bertz CT molecular complexity index is 1620. The van der Waals surface area contributed by atoms with Gasteiger partial charge in [-0.15, -0.1) is 0 Å². The molecule has 1 aliphatic heterocycles. The van der Waals surface area contributed by atoms with Gasteiger partial charge in [-0.1, -0.05) is 47.1 Å². The first-order chi connectivity index (χ1) is 25.5. The Balaban J connectivity index is 1.29. The van der Waals surface area contributed by atoms with E-state index in [0.29, 0.717) is 19.3 Å². The van der Waals surface area contributed by atoms with Gasteiger partial charge < -0.3 is 33.5 Å². The molecule has 0 aromatic carbocycles. The Morgan fingerprint density at radius 1 is 0.836 bits per heavy atom. The van der Waals surface area contributed by atoms with Gasteiger partial charge in [0.05, 0.1) is 18.6 Å². The molecule has 4 saturated carbocycles. The van der Waals surface area contributed by atoms with E-state index in [1.807, 2.05) is 13.0 Å². The van der Waals surface area contributed by atoms with E-state index in [9.17, 15) is 29.1 Å². The third kappa shape index (κ3) is 6.67. The molecule has 0 aromatic heterocycles. The first kappa shape index (κ1) is 41.8. The Hall–Kier alpha value is -2.83. The maximum Gasteiger partial charge on any atom is 0.311 e. The van der Waals surface area contributed by atoms with Crippen LogP contribution >= 0.6 is 0 Å². The zero-order valence-electron chi connectivity index (χ0n) is 34.8. The highest BCUT2D eigenvalue weighted by Gasteiger charge is 2.70. The van der Waals surface area contributed by atoms with Crippen LogP contribution in [0.5, 0.6) is 0 Å². The van der Waals surface area contributed by atoms with E-state index in [1.165, 1.54) is 33.5 Å². The molecule has 5 aliphatic carbocycles. The van der Waals surface area contributed by atoms with Crippen molar-refractivity contribution in [1.29, 1.82) is 0 Å². The second-order valence-electron chi connectivity index (χ2n) is 19.7. The number of fused-ring (bicyclic) bond motifs is 7. The molecule has 1 unspecified atom stereocenters. The number of esters is 4. The number of hydrogen-bond acceptors (Lipinski definition) is 12. The fraction of sp³-hybridized carbons (Fsp3) is 0.837. The predicted molar refractivity (Wildman–Crippen MR) is 199 cm³/mol. The van der Waals surface area contributed by atoms with Crippen molar-refractivity contribution in [2.45, 2.75) is 164 Å². The summed E-state index contributed by atoms with van der Waals surface area (Å²) in [7, 11) is 1.47. The van der Waals surface area contributed by atoms with E-state index in [4.69, 9.17) is 28.4 Å². The van der Waals surface area contributed by atoms with Gasteiger partial charge in [-0.25, -0.2) is 0 Å². The lowest BCUT2D eigenvalue weighted by Gasteiger charge is -2.70. The number of carbonyl (C=O) groups is 5. The van der Waals surface area contributed by atoms with Crippen molar-refractivity contribution in [2.24, 2.45) is 50.2 Å². The van der Waals surface area contributed by atoms with Gasteiger partial charge in [0.1, 0.15) is 18.8 Å². The van der Waals surface area contributed by atoms with Crippen LogP contribution in [0, 0.1) is 50.2 Å². The van der Waals surface area contributed by atoms with E-state index in [1.54, 1.807) is 0 Å². The first-order valence-electron chi connectivity index (χ1n) is 20.3. The molecule has 12 nitrogen and oxygen atoms in total. The minimum Gasteiger partial charge on any atom is -0.469 e. The van der Waals surface area contributed by atoms with E-state index < -0.39 is 65.5 Å². The van der Waals surface area contributed by atoms with E-state index >= 15 is 0 Å². The van der Waals surface area contributed by atoms with Crippen molar-refractivity contribution in [1.82, 2.24) is 0 Å². The van der Waals surface area contributed by atoms with Crippen LogP contribution in [-0.4, -0.2) is 85.3 Å². The first-order valence-corrected chi connectivity index (χ1v) is 20.3. The minimum absolute atomic E-state index is 0.0243. The summed E-state index contributed by atoms with van der Waals surface area (Å²) < 4.78 is 34.4. The highest BCUT2D eigenvalue weighted by molar-refractivity contribution is 5.95. The van der Waals surface area contributed by atoms with Crippen molar-refractivity contribution >= 4 is 29.7 Å². The SMILES string of the molecule is COC(=O)[C@@]1(C)CC[C@]2(C)CC[C@]3(C)C(=CC(=O)[C@@H]4[C@@]5(C)CC[C@H](O[C@@H]6O[C@H](COC(C)=O)[C@H](OC(C)=O)[C@H](OC(C)=O)[C@H]6O)C(C)(C)[C@@H]5CC[C@]43C)C2C1. The molecule has 55 heavy (non-hydrogen) atoms. The summed E-state index contributed by atoms with van der Waals surface area (Å²) >= 11 is 0. The zero-order valence-corrected chi connectivity index (χ0v) is 34.8. The average Bonchev–Trinajstić information content (AvgIpc) is 3.08. The Kier molecular flexibility index (Phi) is 10.8. The van der Waals surface area contributed by atoms with E-state index in [-0.39, 0.29) is 57.8 Å². The molecule has 12 heteroatoms. The maximum absolute atomic E-state index is 14.9. The number of ketones is 1. The Morgan fingerprint density at radius 2 is 1.47 bits per heavy atom. The zero-order chi connectivity index (χ0) is 40.7.